The zero-order chi connectivity index (χ0) is 22.2. The molecule has 0 saturated carbocycles. The minimum Gasteiger partial charge on any atom is -0.481 e. The molecule has 0 atom stereocenters. The number of imidazole rings is 1. The van der Waals surface area contributed by atoms with Crippen LogP contribution in [0.25, 0.3) is 38.8 Å². The molecule has 2 aromatic carbocycles. The second-order valence-electron chi connectivity index (χ2n) is 7.55. The van der Waals surface area contributed by atoms with Gasteiger partial charge >= 0.3 is 0 Å². The van der Waals surface area contributed by atoms with Gasteiger partial charge in [-0.2, -0.15) is 5.26 Å². The molecular weight excluding hydrogens is 400 g/mol. The molecule has 0 aliphatic heterocycles. The number of hydrogen-bond donors (Lipinski definition) is 0. The molecule has 5 rings (SSSR count). The zero-order valence-electron chi connectivity index (χ0n) is 17.9. The van der Waals surface area contributed by atoms with Crippen molar-refractivity contribution < 1.29 is 4.74 Å². The van der Waals surface area contributed by atoms with E-state index in [4.69, 9.17) is 4.74 Å². The maximum Gasteiger partial charge on any atom is 0.226 e. The van der Waals surface area contributed by atoms with Crippen LogP contribution in [0, 0.1) is 18.4 Å². The molecule has 7 nitrogen and oxygen atoms in total. The van der Waals surface area contributed by atoms with Crippen molar-refractivity contribution in [1.82, 2.24) is 19.1 Å². The van der Waals surface area contributed by atoms with E-state index >= 15 is 0 Å². The molecule has 0 radical (unpaired) electrons. The van der Waals surface area contributed by atoms with Crippen LogP contribution in [-0.2, 0) is 7.05 Å². The fourth-order valence-corrected chi connectivity index (χ4v) is 3.97. The number of pyridine rings is 2. The molecule has 0 N–H and O–H groups in total. The van der Waals surface area contributed by atoms with Gasteiger partial charge < -0.3 is 9.30 Å². The lowest BCUT2D eigenvalue weighted by Crippen LogP contribution is -2.22. The van der Waals surface area contributed by atoms with Crippen LogP contribution < -0.4 is 10.4 Å². The third kappa shape index (κ3) is 3.10. The van der Waals surface area contributed by atoms with Crippen molar-refractivity contribution in [2.45, 2.75) is 6.92 Å². The topological polar surface area (TPSA) is 81.0 Å². The van der Waals surface area contributed by atoms with E-state index in [1.165, 1.54) is 5.56 Å². The first-order valence-corrected chi connectivity index (χ1v) is 10.1. The summed E-state index contributed by atoms with van der Waals surface area (Å²) in [5.41, 5.74) is 7.34. The van der Waals surface area contributed by atoms with Gasteiger partial charge in [-0.15, -0.1) is 4.99 Å². The molecular formula is C25H20N6O. The minimum atomic E-state index is 0.490. The van der Waals surface area contributed by atoms with E-state index in [-0.39, 0.29) is 0 Å². The summed E-state index contributed by atoms with van der Waals surface area (Å²) in [6, 6.07) is 18.4. The Balaban J connectivity index is 1.88. The lowest BCUT2D eigenvalue weighted by atomic mass is 10.0. The number of methoxy groups -OCH3 is 1. The van der Waals surface area contributed by atoms with E-state index in [1.54, 1.807) is 19.4 Å². The van der Waals surface area contributed by atoms with E-state index in [0.29, 0.717) is 11.5 Å². The Morgan fingerprint density at radius 1 is 0.969 bits per heavy atom. The van der Waals surface area contributed by atoms with E-state index in [2.05, 4.69) is 58.3 Å². The average Bonchev–Trinajstić information content (AvgIpc) is 3.11. The first-order chi connectivity index (χ1) is 15.6. The molecule has 0 unspecified atom stereocenters. The maximum atomic E-state index is 9.36. The molecule has 3 heterocycles. The smallest absolute Gasteiger partial charge is 0.226 e. The summed E-state index contributed by atoms with van der Waals surface area (Å²) in [6.07, 6.45) is 5.45. The molecule has 0 fully saturated rings. The molecule has 0 spiro atoms. The van der Waals surface area contributed by atoms with Gasteiger partial charge in [0.15, 0.2) is 0 Å². The number of aryl methyl sites for hydroxylation is 2. The van der Waals surface area contributed by atoms with Gasteiger partial charge in [0.1, 0.15) is 0 Å². The van der Waals surface area contributed by atoms with Crippen molar-refractivity contribution in [3.63, 3.8) is 0 Å². The largest absolute Gasteiger partial charge is 0.481 e. The SMILES string of the molecule is COc1ccc(-n2c(=NC#N)n(C)c3cnc4ccc(-c5ccc(C)cc5)cc4c32)cn1. The number of rotatable bonds is 3. The van der Waals surface area contributed by atoms with Crippen molar-refractivity contribution in [2.75, 3.05) is 7.11 Å². The number of nitrogens with zero attached hydrogens (tertiary/aromatic N) is 6. The Labute approximate surface area is 184 Å². The summed E-state index contributed by atoms with van der Waals surface area (Å²) < 4.78 is 9.01. The van der Waals surface area contributed by atoms with Gasteiger partial charge in [0.25, 0.3) is 0 Å². The van der Waals surface area contributed by atoms with Crippen LogP contribution in [-0.4, -0.2) is 26.2 Å². The van der Waals surface area contributed by atoms with Gasteiger partial charge in [-0.1, -0.05) is 35.9 Å². The van der Waals surface area contributed by atoms with Crippen molar-refractivity contribution >= 4 is 21.9 Å². The monoisotopic (exact) mass is 420 g/mol. The van der Waals surface area contributed by atoms with Crippen molar-refractivity contribution in [1.29, 1.82) is 5.26 Å². The van der Waals surface area contributed by atoms with Crippen LogP contribution in [0.5, 0.6) is 5.88 Å². The molecule has 5 aromatic rings. The van der Waals surface area contributed by atoms with Crippen molar-refractivity contribution in [3.8, 4) is 28.9 Å². The van der Waals surface area contributed by atoms with Crippen LogP contribution in [0.4, 0.5) is 0 Å². The predicted molar refractivity (Wildman–Crippen MR) is 123 cm³/mol. The number of ether oxygens (including phenoxy) is 1. The quantitative estimate of drug-likeness (QED) is 0.408. The molecule has 7 heteroatoms. The zero-order valence-corrected chi connectivity index (χ0v) is 17.9. The lowest BCUT2D eigenvalue weighted by Gasteiger charge is -2.09. The molecule has 3 aromatic heterocycles. The number of fused-ring (bicyclic) bond motifs is 3. The second-order valence-corrected chi connectivity index (χ2v) is 7.55. The molecule has 0 saturated heterocycles. The van der Waals surface area contributed by atoms with Crippen LogP contribution in [0.2, 0.25) is 0 Å². The van der Waals surface area contributed by atoms with Gasteiger partial charge in [-0.3, -0.25) is 9.55 Å². The van der Waals surface area contributed by atoms with Gasteiger partial charge in [0.2, 0.25) is 17.7 Å². The average molecular weight is 420 g/mol. The highest BCUT2D eigenvalue weighted by Gasteiger charge is 2.16. The van der Waals surface area contributed by atoms with Gasteiger partial charge in [0.05, 0.1) is 41.7 Å². The Kier molecular flexibility index (Phi) is 4.68. The normalized spacial score (nSPS) is 11.8. The van der Waals surface area contributed by atoms with E-state index in [0.717, 1.165) is 38.8 Å². The third-order valence-corrected chi connectivity index (χ3v) is 5.63. The first kappa shape index (κ1) is 19.5. The Hall–Kier alpha value is -4.44. The van der Waals surface area contributed by atoms with E-state index < -0.39 is 0 Å². The minimum absolute atomic E-state index is 0.490. The predicted octanol–water partition coefficient (Wildman–Crippen LogP) is 4.28. The summed E-state index contributed by atoms with van der Waals surface area (Å²) in [6.45, 7) is 2.08. The second kappa shape index (κ2) is 7.67. The summed E-state index contributed by atoms with van der Waals surface area (Å²) in [5, 5.41) is 10.3. The van der Waals surface area contributed by atoms with Crippen LogP contribution in [0.1, 0.15) is 5.56 Å². The Bertz CT molecular complexity index is 1570. The van der Waals surface area contributed by atoms with Gasteiger partial charge in [-0.25, -0.2) is 4.98 Å². The maximum absolute atomic E-state index is 9.36. The molecule has 156 valence electrons. The van der Waals surface area contributed by atoms with Gasteiger partial charge in [0, 0.05) is 18.5 Å². The highest BCUT2D eigenvalue weighted by Crippen LogP contribution is 2.30. The summed E-state index contributed by atoms with van der Waals surface area (Å²) in [7, 11) is 3.46. The molecule has 0 aliphatic rings. The van der Waals surface area contributed by atoms with Gasteiger partial charge in [-0.05, 0) is 36.2 Å². The molecule has 32 heavy (non-hydrogen) atoms. The summed E-state index contributed by atoms with van der Waals surface area (Å²) in [5.74, 6) is 0.515. The van der Waals surface area contributed by atoms with E-state index in [1.807, 2.05) is 40.7 Å². The Morgan fingerprint density at radius 3 is 2.44 bits per heavy atom. The standard InChI is InChI=1S/C25H20N6O/c1-16-4-6-17(7-5-16)18-8-10-21-20(12-18)24-22(14-27-21)30(2)25(29-15-26)31(24)19-9-11-23(32-3)28-13-19/h4-14H,1-3H3. The number of aromatic nitrogens is 4. The summed E-state index contributed by atoms with van der Waals surface area (Å²) >= 11 is 0. The highest BCUT2D eigenvalue weighted by atomic mass is 16.5. The fourth-order valence-electron chi connectivity index (χ4n) is 3.97. The third-order valence-electron chi connectivity index (χ3n) is 5.63. The Morgan fingerprint density at radius 2 is 1.75 bits per heavy atom. The number of benzene rings is 2. The molecule has 0 bridgehead atoms. The lowest BCUT2D eigenvalue weighted by molar-refractivity contribution is 0.398. The van der Waals surface area contributed by atoms with Crippen molar-refractivity contribution in [2.24, 2.45) is 12.0 Å². The number of hydrogen-bond acceptors (Lipinski definition) is 5. The van der Waals surface area contributed by atoms with Crippen LogP contribution >= 0.6 is 0 Å². The number of nitriles is 1. The molecule has 0 amide bonds. The fraction of sp³-hybridized carbons (Fsp3) is 0.120. The molecule has 0 aliphatic carbocycles. The summed E-state index contributed by atoms with van der Waals surface area (Å²) in [4.78, 5) is 13.1. The van der Waals surface area contributed by atoms with E-state index in [9.17, 15) is 5.26 Å². The van der Waals surface area contributed by atoms with Crippen molar-refractivity contribution in [3.05, 3.63) is 78.2 Å². The highest BCUT2D eigenvalue weighted by molar-refractivity contribution is 6.04. The van der Waals surface area contributed by atoms with Crippen LogP contribution in [0.3, 0.4) is 0 Å². The first-order valence-electron chi connectivity index (χ1n) is 10.1. The van der Waals surface area contributed by atoms with Crippen LogP contribution in [0.15, 0.2) is 72.0 Å².